The summed E-state index contributed by atoms with van der Waals surface area (Å²) in [5.74, 6) is 0.132. The van der Waals surface area contributed by atoms with Crippen LogP contribution in [-0.2, 0) is 22.7 Å². The zero-order valence-corrected chi connectivity index (χ0v) is 17.7. The molecule has 0 spiro atoms. The van der Waals surface area contributed by atoms with Crippen LogP contribution in [0.15, 0.2) is 59.7 Å². The fourth-order valence-electron chi connectivity index (χ4n) is 4.79. The Morgan fingerprint density at radius 1 is 1.16 bits per heavy atom. The molecule has 5 rings (SSSR count). The van der Waals surface area contributed by atoms with Gasteiger partial charge in [0, 0.05) is 12.1 Å². The predicted molar refractivity (Wildman–Crippen MR) is 119 cm³/mol. The van der Waals surface area contributed by atoms with E-state index in [1.54, 1.807) is 12.1 Å². The molecule has 1 saturated carbocycles. The van der Waals surface area contributed by atoms with E-state index in [1.165, 1.54) is 12.1 Å². The second kappa shape index (κ2) is 8.57. The number of benzene rings is 2. The second-order valence-corrected chi connectivity index (χ2v) is 8.48. The first-order chi connectivity index (χ1) is 15.6. The second-order valence-electron chi connectivity index (χ2n) is 8.48. The fraction of sp³-hybridized carbons (Fsp3) is 0.320. The molecule has 2 aromatic carbocycles. The molecule has 1 aliphatic heterocycles. The van der Waals surface area contributed by atoms with E-state index < -0.39 is 0 Å². The largest absolute Gasteiger partial charge is 0.349 e. The van der Waals surface area contributed by atoms with Crippen molar-refractivity contribution in [3.8, 4) is 0 Å². The van der Waals surface area contributed by atoms with Gasteiger partial charge in [0.1, 0.15) is 11.6 Å². The molecule has 0 radical (unpaired) electrons. The standard InChI is InChI=1S/C25H25FN4O2/c26-17-11-9-16(10-12-17)15-30-22-8-4-1-5-18(22)19(25(30)32)13-24(31)27-14-23-28-20-6-2-3-7-21(20)29-23/h2-3,6-7,9-12,22H,1,4-5,8,13-15H2,(H,27,31)(H,28,29). The lowest BCUT2D eigenvalue weighted by atomic mass is 9.88. The normalized spacial score (nSPS) is 18.3. The van der Waals surface area contributed by atoms with Gasteiger partial charge in [-0.05, 0) is 54.7 Å². The summed E-state index contributed by atoms with van der Waals surface area (Å²) in [6, 6.07) is 14.0. The smallest absolute Gasteiger partial charge is 0.251 e. The van der Waals surface area contributed by atoms with Crippen molar-refractivity contribution < 1.29 is 14.0 Å². The van der Waals surface area contributed by atoms with Gasteiger partial charge in [-0.2, -0.15) is 0 Å². The first-order valence-corrected chi connectivity index (χ1v) is 11.1. The maximum atomic E-state index is 13.3. The van der Waals surface area contributed by atoms with Gasteiger partial charge in [0.05, 0.1) is 30.0 Å². The molecule has 1 unspecified atom stereocenters. The Morgan fingerprint density at radius 2 is 1.97 bits per heavy atom. The maximum Gasteiger partial charge on any atom is 0.251 e. The van der Waals surface area contributed by atoms with E-state index in [9.17, 15) is 14.0 Å². The molecule has 164 valence electrons. The van der Waals surface area contributed by atoms with Crippen LogP contribution in [0, 0.1) is 5.82 Å². The number of fused-ring (bicyclic) bond motifs is 2. The molecule has 1 fully saturated rings. The third kappa shape index (κ3) is 4.02. The van der Waals surface area contributed by atoms with Crippen LogP contribution in [0.5, 0.6) is 0 Å². The Balaban J connectivity index is 1.27. The lowest BCUT2D eigenvalue weighted by Gasteiger charge is -2.30. The number of imidazole rings is 1. The van der Waals surface area contributed by atoms with Gasteiger partial charge in [0.15, 0.2) is 0 Å². The molecule has 2 heterocycles. The average molecular weight is 432 g/mol. The predicted octanol–water partition coefficient (Wildman–Crippen LogP) is 3.99. The van der Waals surface area contributed by atoms with Crippen molar-refractivity contribution in [3.63, 3.8) is 0 Å². The van der Waals surface area contributed by atoms with E-state index in [0.717, 1.165) is 47.9 Å². The topological polar surface area (TPSA) is 78.1 Å². The van der Waals surface area contributed by atoms with Crippen molar-refractivity contribution in [1.82, 2.24) is 20.2 Å². The van der Waals surface area contributed by atoms with E-state index in [-0.39, 0.29) is 36.6 Å². The summed E-state index contributed by atoms with van der Waals surface area (Å²) in [7, 11) is 0. The zero-order valence-electron chi connectivity index (χ0n) is 17.7. The molecule has 1 atom stereocenters. The highest BCUT2D eigenvalue weighted by Crippen LogP contribution is 2.38. The van der Waals surface area contributed by atoms with Crippen LogP contribution in [0.25, 0.3) is 11.0 Å². The van der Waals surface area contributed by atoms with E-state index >= 15 is 0 Å². The molecule has 7 heteroatoms. The Bertz CT molecular complexity index is 1170. The summed E-state index contributed by atoms with van der Waals surface area (Å²) in [6.07, 6.45) is 3.93. The average Bonchev–Trinajstić information content (AvgIpc) is 3.34. The number of aromatic nitrogens is 2. The van der Waals surface area contributed by atoms with Crippen LogP contribution >= 0.6 is 0 Å². The highest BCUT2D eigenvalue weighted by Gasteiger charge is 2.40. The molecular weight excluding hydrogens is 407 g/mol. The number of carbonyl (C=O) groups excluding carboxylic acids is 2. The third-order valence-corrected chi connectivity index (χ3v) is 6.35. The number of amides is 2. The minimum absolute atomic E-state index is 0.0412. The monoisotopic (exact) mass is 432 g/mol. The minimum Gasteiger partial charge on any atom is -0.349 e. The van der Waals surface area contributed by atoms with Crippen molar-refractivity contribution in [2.24, 2.45) is 0 Å². The lowest BCUT2D eigenvalue weighted by molar-refractivity contribution is -0.129. The molecule has 32 heavy (non-hydrogen) atoms. The molecule has 1 aliphatic carbocycles. The van der Waals surface area contributed by atoms with Crippen LogP contribution in [0.1, 0.15) is 43.5 Å². The van der Waals surface area contributed by atoms with E-state index in [4.69, 9.17) is 0 Å². The Hall–Kier alpha value is -3.48. The SMILES string of the molecule is O=C(CC1=C2CCCCC2N(Cc2ccc(F)cc2)C1=O)NCc1nc2ccccc2[nH]1. The van der Waals surface area contributed by atoms with Gasteiger partial charge >= 0.3 is 0 Å². The Kier molecular flexibility index (Phi) is 5.47. The molecule has 6 nitrogen and oxygen atoms in total. The molecule has 2 amide bonds. The summed E-state index contributed by atoms with van der Waals surface area (Å²) in [5.41, 5.74) is 4.39. The zero-order chi connectivity index (χ0) is 22.1. The first kappa shape index (κ1) is 20.4. The van der Waals surface area contributed by atoms with Crippen LogP contribution in [0.3, 0.4) is 0 Å². The minimum atomic E-state index is -0.292. The molecule has 3 aromatic rings. The molecule has 0 bridgehead atoms. The van der Waals surface area contributed by atoms with Crippen LogP contribution in [-0.4, -0.2) is 32.7 Å². The fourth-order valence-corrected chi connectivity index (χ4v) is 4.79. The van der Waals surface area contributed by atoms with Gasteiger partial charge in [-0.15, -0.1) is 0 Å². The van der Waals surface area contributed by atoms with Gasteiger partial charge in [-0.1, -0.05) is 30.7 Å². The molecule has 1 aromatic heterocycles. The summed E-state index contributed by atoms with van der Waals surface area (Å²) in [6.45, 7) is 0.713. The number of rotatable bonds is 6. The maximum absolute atomic E-state index is 13.3. The van der Waals surface area contributed by atoms with Crippen molar-refractivity contribution >= 4 is 22.8 Å². The van der Waals surface area contributed by atoms with Crippen LogP contribution in [0.4, 0.5) is 4.39 Å². The van der Waals surface area contributed by atoms with Crippen molar-refractivity contribution in [2.75, 3.05) is 0 Å². The van der Waals surface area contributed by atoms with E-state index in [0.29, 0.717) is 17.9 Å². The van der Waals surface area contributed by atoms with Gasteiger partial charge < -0.3 is 15.2 Å². The number of aromatic amines is 1. The number of hydrogen-bond acceptors (Lipinski definition) is 3. The van der Waals surface area contributed by atoms with Crippen molar-refractivity contribution in [1.29, 1.82) is 0 Å². The molecule has 2 N–H and O–H groups in total. The number of carbonyl (C=O) groups is 2. The number of halogens is 1. The number of para-hydroxylation sites is 2. The lowest BCUT2D eigenvalue weighted by Crippen LogP contribution is -2.36. The van der Waals surface area contributed by atoms with Gasteiger partial charge in [0.2, 0.25) is 5.91 Å². The highest BCUT2D eigenvalue weighted by atomic mass is 19.1. The van der Waals surface area contributed by atoms with E-state index in [1.807, 2.05) is 29.2 Å². The Morgan fingerprint density at radius 3 is 2.78 bits per heavy atom. The molecular formula is C25H25FN4O2. The quantitative estimate of drug-likeness (QED) is 0.618. The third-order valence-electron chi connectivity index (χ3n) is 6.35. The van der Waals surface area contributed by atoms with Gasteiger partial charge in [-0.3, -0.25) is 9.59 Å². The van der Waals surface area contributed by atoms with Crippen molar-refractivity contribution in [3.05, 3.63) is 76.9 Å². The number of nitrogens with one attached hydrogen (secondary N) is 2. The van der Waals surface area contributed by atoms with Crippen LogP contribution in [0.2, 0.25) is 0 Å². The number of nitrogens with zero attached hydrogens (tertiary/aromatic N) is 2. The van der Waals surface area contributed by atoms with Gasteiger partial charge in [0.25, 0.3) is 5.91 Å². The summed E-state index contributed by atoms with van der Waals surface area (Å²) in [5, 5.41) is 2.89. The summed E-state index contributed by atoms with van der Waals surface area (Å²) >= 11 is 0. The van der Waals surface area contributed by atoms with Gasteiger partial charge in [-0.25, -0.2) is 9.37 Å². The highest BCUT2D eigenvalue weighted by molar-refractivity contribution is 6.02. The first-order valence-electron chi connectivity index (χ1n) is 11.1. The molecule has 0 saturated heterocycles. The van der Waals surface area contributed by atoms with Crippen LogP contribution < -0.4 is 5.32 Å². The summed E-state index contributed by atoms with van der Waals surface area (Å²) < 4.78 is 13.3. The Labute approximate surface area is 185 Å². The summed E-state index contributed by atoms with van der Waals surface area (Å²) in [4.78, 5) is 35.5. The number of hydrogen-bond donors (Lipinski definition) is 2. The van der Waals surface area contributed by atoms with E-state index in [2.05, 4.69) is 15.3 Å². The molecule has 2 aliphatic rings. The van der Waals surface area contributed by atoms with Crippen molar-refractivity contribution in [2.45, 2.75) is 51.2 Å². The number of H-pyrrole nitrogens is 1.